The van der Waals surface area contributed by atoms with Gasteiger partial charge in [0, 0.05) is 6.54 Å². The second-order valence-electron chi connectivity index (χ2n) is 5.30. The zero-order valence-corrected chi connectivity index (χ0v) is 16.8. The van der Waals surface area contributed by atoms with Gasteiger partial charge < -0.3 is 32.0 Å². The number of nitrogens with one attached hydrogen (secondary N) is 1. The number of halogens is 2. The first-order chi connectivity index (χ1) is 12.8. The Morgan fingerprint density at radius 3 is 2.50 bits per heavy atom. The summed E-state index contributed by atoms with van der Waals surface area (Å²) in [4.78, 5) is 23.1. The van der Waals surface area contributed by atoms with Crippen LogP contribution in [0.1, 0.15) is 16.1 Å². The first kappa shape index (κ1) is 23.1. The number of methoxy groups -OCH3 is 2. The highest BCUT2D eigenvalue weighted by Crippen LogP contribution is 2.28. The highest BCUT2D eigenvalue weighted by Gasteiger charge is 2.16. The maximum absolute atomic E-state index is 11.8. The van der Waals surface area contributed by atoms with Gasteiger partial charge in [-0.1, -0.05) is 17.7 Å². The number of nitrogens with two attached hydrogens (primary N) is 3. The summed E-state index contributed by atoms with van der Waals surface area (Å²) < 4.78 is 10.5. The lowest BCUT2D eigenvalue weighted by atomic mass is 10.1. The molecular formula is C16H21Cl2N7O3. The van der Waals surface area contributed by atoms with Gasteiger partial charge in [-0.05, 0) is 24.1 Å². The number of hydrogen-bond donors (Lipinski definition) is 4. The summed E-state index contributed by atoms with van der Waals surface area (Å²) in [7, 11) is 3.15. The van der Waals surface area contributed by atoms with E-state index in [1.165, 1.54) is 0 Å². The highest BCUT2D eigenvalue weighted by molar-refractivity contribution is 6.32. The lowest BCUT2D eigenvalue weighted by Crippen LogP contribution is -2.25. The molecule has 2 rings (SSSR count). The Kier molecular flexibility index (Phi) is 8.55. The Labute approximate surface area is 172 Å². The highest BCUT2D eigenvalue weighted by atomic mass is 35.5. The minimum Gasteiger partial charge on any atom is -0.493 e. The van der Waals surface area contributed by atoms with Crippen LogP contribution in [0.4, 0.5) is 11.6 Å². The van der Waals surface area contributed by atoms with Crippen LogP contribution >= 0.6 is 24.0 Å². The van der Waals surface area contributed by atoms with Crippen LogP contribution in [-0.4, -0.2) is 42.6 Å². The molecule has 28 heavy (non-hydrogen) atoms. The summed E-state index contributed by atoms with van der Waals surface area (Å²) in [5, 5.41) is 3.00. The van der Waals surface area contributed by atoms with E-state index in [0.717, 1.165) is 5.56 Å². The molecule has 0 unspecified atom stereocenters. The van der Waals surface area contributed by atoms with E-state index in [1.807, 2.05) is 18.2 Å². The van der Waals surface area contributed by atoms with Crippen molar-refractivity contribution in [3.63, 3.8) is 0 Å². The van der Waals surface area contributed by atoms with E-state index in [1.54, 1.807) is 14.2 Å². The number of nitrogen functional groups attached to an aromatic ring is 1. The molecule has 0 bridgehead atoms. The summed E-state index contributed by atoms with van der Waals surface area (Å²) in [6.07, 6.45) is 0.646. The summed E-state index contributed by atoms with van der Waals surface area (Å²) in [5.74, 6) is 0.170. The third-order valence-electron chi connectivity index (χ3n) is 3.47. The molecule has 0 saturated heterocycles. The van der Waals surface area contributed by atoms with Gasteiger partial charge in [-0.15, -0.1) is 12.4 Å². The minimum absolute atomic E-state index is 0. The molecule has 12 heteroatoms. The van der Waals surface area contributed by atoms with E-state index in [0.29, 0.717) is 24.5 Å². The minimum atomic E-state index is -0.821. The average Bonchev–Trinajstić information content (AvgIpc) is 2.63. The number of aromatic nitrogens is 2. The van der Waals surface area contributed by atoms with Gasteiger partial charge in [-0.3, -0.25) is 4.79 Å². The summed E-state index contributed by atoms with van der Waals surface area (Å²) in [6, 6.07) is 5.61. The van der Waals surface area contributed by atoms with Gasteiger partial charge >= 0.3 is 5.91 Å². The largest absolute Gasteiger partial charge is 0.493 e. The summed E-state index contributed by atoms with van der Waals surface area (Å²) in [5.41, 5.74) is 16.9. The maximum Gasteiger partial charge on any atom is 0.302 e. The molecule has 0 spiro atoms. The topological polar surface area (TPSA) is 164 Å². The van der Waals surface area contributed by atoms with Crippen molar-refractivity contribution in [1.82, 2.24) is 9.97 Å². The zero-order valence-electron chi connectivity index (χ0n) is 15.2. The molecule has 0 aliphatic heterocycles. The zero-order chi connectivity index (χ0) is 20.0. The Bertz CT molecular complexity index is 874. The van der Waals surface area contributed by atoms with Gasteiger partial charge in [0.25, 0.3) is 0 Å². The van der Waals surface area contributed by atoms with Gasteiger partial charge in [-0.25, -0.2) is 9.97 Å². The molecule has 0 aliphatic carbocycles. The number of carbonyl (C=O) groups is 1. The molecule has 10 nitrogen and oxygen atoms in total. The number of ether oxygens (including phenoxy) is 2. The smallest absolute Gasteiger partial charge is 0.302 e. The molecule has 7 N–H and O–H groups in total. The number of benzene rings is 1. The number of amides is 1. The van der Waals surface area contributed by atoms with Crippen molar-refractivity contribution in [2.45, 2.75) is 6.42 Å². The number of rotatable bonds is 7. The van der Waals surface area contributed by atoms with Gasteiger partial charge in [0.1, 0.15) is 0 Å². The van der Waals surface area contributed by atoms with Crippen LogP contribution in [-0.2, 0) is 6.42 Å². The van der Waals surface area contributed by atoms with Crippen molar-refractivity contribution in [2.75, 3.05) is 31.8 Å². The first-order valence-corrected chi connectivity index (χ1v) is 8.15. The van der Waals surface area contributed by atoms with Crippen molar-refractivity contribution in [2.24, 2.45) is 16.5 Å². The normalized spacial score (nSPS) is 9.82. The van der Waals surface area contributed by atoms with E-state index < -0.39 is 11.9 Å². The summed E-state index contributed by atoms with van der Waals surface area (Å²) >= 11 is 6.06. The monoisotopic (exact) mass is 429 g/mol. The molecule has 1 heterocycles. The molecule has 0 aliphatic rings. The number of aliphatic imine (C=N–C) groups is 1. The molecule has 1 aromatic carbocycles. The van der Waals surface area contributed by atoms with E-state index in [9.17, 15) is 4.79 Å². The van der Waals surface area contributed by atoms with Crippen LogP contribution in [0.5, 0.6) is 11.5 Å². The van der Waals surface area contributed by atoms with Crippen molar-refractivity contribution in [3.05, 3.63) is 34.6 Å². The molecule has 1 aromatic heterocycles. The number of hydrogen-bond acceptors (Lipinski definition) is 7. The number of carbonyl (C=O) groups excluding carboxylic acids is 1. The SMILES string of the molecule is COc1ccc(CCNc2nc(N)c(C(=O)N=C(N)N)nc2Cl)cc1OC.Cl. The summed E-state index contributed by atoms with van der Waals surface area (Å²) in [6.45, 7) is 0.491. The fourth-order valence-electron chi connectivity index (χ4n) is 2.23. The maximum atomic E-state index is 11.8. The number of anilines is 2. The molecule has 0 fully saturated rings. The predicted molar refractivity (Wildman–Crippen MR) is 111 cm³/mol. The third-order valence-corrected chi connectivity index (χ3v) is 3.73. The van der Waals surface area contributed by atoms with Crippen LogP contribution < -0.4 is 32.0 Å². The molecule has 0 atom stereocenters. The first-order valence-electron chi connectivity index (χ1n) is 7.77. The van der Waals surface area contributed by atoms with E-state index in [-0.39, 0.29) is 34.9 Å². The van der Waals surface area contributed by atoms with Crippen molar-refractivity contribution in [3.8, 4) is 11.5 Å². The Hall–Kier alpha value is -2.98. The van der Waals surface area contributed by atoms with Gasteiger partial charge in [-0.2, -0.15) is 4.99 Å². The lowest BCUT2D eigenvalue weighted by Gasteiger charge is -2.11. The number of nitrogens with zero attached hydrogens (tertiary/aromatic N) is 3. The van der Waals surface area contributed by atoms with Crippen LogP contribution in [0, 0.1) is 0 Å². The molecule has 1 amide bonds. The van der Waals surface area contributed by atoms with Crippen LogP contribution in [0.15, 0.2) is 23.2 Å². The van der Waals surface area contributed by atoms with Crippen LogP contribution in [0.3, 0.4) is 0 Å². The van der Waals surface area contributed by atoms with Gasteiger partial charge in [0.05, 0.1) is 14.2 Å². The lowest BCUT2D eigenvalue weighted by molar-refractivity contribution is 0.0998. The molecular weight excluding hydrogens is 409 g/mol. The van der Waals surface area contributed by atoms with Crippen LogP contribution in [0.2, 0.25) is 5.15 Å². The molecule has 0 saturated carbocycles. The van der Waals surface area contributed by atoms with Crippen molar-refractivity contribution in [1.29, 1.82) is 0 Å². The van der Waals surface area contributed by atoms with Gasteiger partial charge in [0.2, 0.25) is 0 Å². The quantitative estimate of drug-likeness (QED) is 0.373. The standard InChI is InChI=1S/C16H20ClN7O3.ClH/c1-26-9-4-3-8(7-10(9)27-2)5-6-21-14-12(17)22-11(13(18)23-14)15(25)24-16(19)20;/h3-4,7H,5-6H2,1-2H3,(H3,18,21,23)(H4,19,20,24,25);1H. The number of guanidine groups is 1. The second-order valence-corrected chi connectivity index (χ2v) is 5.66. The van der Waals surface area contributed by atoms with E-state index >= 15 is 0 Å². The van der Waals surface area contributed by atoms with Crippen molar-refractivity contribution < 1.29 is 14.3 Å². The molecule has 152 valence electrons. The van der Waals surface area contributed by atoms with Gasteiger partial charge in [0.15, 0.2) is 39.9 Å². The Morgan fingerprint density at radius 2 is 1.89 bits per heavy atom. The molecule has 0 radical (unpaired) electrons. The second kappa shape index (κ2) is 10.4. The fraction of sp³-hybridized carbons (Fsp3) is 0.250. The third kappa shape index (κ3) is 5.76. The predicted octanol–water partition coefficient (Wildman–Crippen LogP) is 1.22. The Balaban J connectivity index is 0.00000392. The van der Waals surface area contributed by atoms with E-state index in [4.69, 9.17) is 38.3 Å². The average molecular weight is 430 g/mol. The molecule has 2 aromatic rings. The van der Waals surface area contributed by atoms with Crippen molar-refractivity contribution >= 4 is 47.5 Å². The van der Waals surface area contributed by atoms with Crippen LogP contribution in [0.25, 0.3) is 0 Å². The Morgan fingerprint density at radius 1 is 1.21 bits per heavy atom. The fourth-order valence-corrected chi connectivity index (χ4v) is 2.42. The van der Waals surface area contributed by atoms with E-state index in [2.05, 4.69) is 20.3 Å².